The maximum absolute atomic E-state index is 13.0. The third-order valence-electron chi connectivity index (χ3n) is 4.48. The first-order valence-corrected chi connectivity index (χ1v) is 10.3. The predicted octanol–water partition coefficient (Wildman–Crippen LogP) is 2.98. The fourth-order valence-electron chi connectivity index (χ4n) is 3.05. The van der Waals surface area contributed by atoms with E-state index in [1.54, 1.807) is 23.7 Å². The Morgan fingerprint density at radius 1 is 1.00 bits per heavy atom. The van der Waals surface area contributed by atoms with Crippen LogP contribution in [0.4, 0.5) is 11.5 Å². The number of imide groups is 1. The highest BCUT2D eigenvalue weighted by Gasteiger charge is 2.42. The van der Waals surface area contributed by atoms with Gasteiger partial charge < -0.3 is 4.57 Å². The fraction of sp³-hybridized carbons (Fsp3) is 0.105. The quantitative estimate of drug-likeness (QED) is 0.641. The number of fused-ring (bicyclic) bond motifs is 1. The molecule has 0 atom stereocenters. The summed E-state index contributed by atoms with van der Waals surface area (Å²) in [6.45, 7) is 1.84. The van der Waals surface area contributed by atoms with Gasteiger partial charge in [-0.25, -0.2) is 18.3 Å². The number of hydrogen-bond acceptors (Lipinski definition) is 5. The van der Waals surface area contributed by atoms with Crippen molar-refractivity contribution in [1.82, 2.24) is 9.55 Å². The number of imidazole rings is 1. The van der Waals surface area contributed by atoms with Crippen LogP contribution >= 0.6 is 11.6 Å². The Morgan fingerprint density at radius 3 is 2.28 bits per heavy atom. The lowest BCUT2D eigenvalue weighted by molar-refractivity contribution is 0.0925. The average Bonchev–Trinajstić information content (AvgIpc) is 3.19. The summed E-state index contributed by atoms with van der Waals surface area (Å²) in [6, 6.07) is 8.99. The van der Waals surface area contributed by atoms with Gasteiger partial charge in [0.05, 0.1) is 33.1 Å². The van der Waals surface area contributed by atoms with Crippen LogP contribution in [0.5, 0.6) is 0 Å². The van der Waals surface area contributed by atoms with Gasteiger partial charge in [0.25, 0.3) is 21.8 Å². The summed E-state index contributed by atoms with van der Waals surface area (Å²) in [4.78, 5) is 30.8. The third kappa shape index (κ3) is 3.18. The molecule has 29 heavy (non-hydrogen) atoms. The zero-order valence-corrected chi connectivity index (χ0v) is 17.0. The highest BCUT2D eigenvalue weighted by atomic mass is 35.5. The minimum absolute atomic E-state index is 0.0262. The Kier molecular flexibility index (Phi) is 4.44. The maximum atomic E-state index is 13.0. The molecular formula is C19H15ClN4O4S. The molecule has 2 amide bonds. The molecule has 0 saturated heterocycles. The van der Waals surface area contributed by atoms with Gasteiger partial charge in [0, 0.05) is 13.2 Å². The van der Waals surface area contributed by atoms with Crippen molar-refractivity contribution in [3.8, 4) is 0 Å². The molecule has 0 spiro atoms. The van der Waals surface area contributed by atoms with Crippen molar-refractivity contribution >= 4 is 44.9 Å². The Balaban J connectivity index is 1.79. The first-order chi connectivity index (χ1) is 13.7. The Morgan fingerprint density at radius 2 is 1.66 bits per heavy atom. The Labute approximate surface area is 171 Å². The molecule has 10 heteroatoms. The zero-order valence-electron chi connectivity index (χ0n) is 15.4. The minimum Gasteiger partial charge on any atom is -0.338 e. The number of benzene rings is 2. The second-order valence-corrected chi connectivity index (χ2v) is 8.70. The van der Waals surface area contributed by atoms with Gasteiger partial charge in [0.1, 0.15) is 0 Å². The van der Waals surface area contributed by atoms with Crippen LogP contribution in [0, 0.1) is 6.92 Å². The van der Waals surface area contributed by atoms with Crippen LogP contribution < -0.4 is 9.62 Å². The monoisotopic (exact) mass is 430 g/mol. The van der Waals surface area contributed by atoms with Gasteiger partial charge in [-0.2, -0.15) is 0 Å². The Hall–Kier alpha value is -3.17. The largest absolute Gasteiger partial charge is 0.338 e. The number of halogens is 1. The number of aromatic nitrogens is 2. The van der Waals surface area contributed by atoms with Crippen LogP contribution in [0.2, 0.25) is 5.02 Å². The molecule has 1 aliphatic rings. The second kappa shape index (κ2) is 6.71. The van der Waals surface area contributed by atoms with E-state index in [1.165, 1.54) is 36.8 Å². The van der Waals surface area contributed by atoms with E-state index in [0.29, 0.717) is 0 Å². The van der Waals surface area contributed by atoms with Crippen LogP contribution in [0.25, 0.3) is 0 Å². The van der Waals surface area contributed by atoms with Crippen molar-refractivity contribution in [2.45, 2.75) is 11.8 Å². The summed E-state index contributed by atoms with van der Waals surface area (Å²) in [5.41, 5.74) is 0.708. The van der Waals surface area contributed by atoms with Crippen molar-refractivity contribution in [1.29, 1.82) is 0 Å². The zero-order chi connectivity index (χ0) is 20.9. The molecule has 1 aromatic heterocycles. The lowest BCUT2D eigenvalue weighted by Gasteiger charge is -2.12. The van der Waals surface area contributed by atoms with Gasteiger partial charge in [0.2, 0.25) is 0 Å². The molecule has 0 saturated carbocycles. The number of nitrogens with zero attached hydrogens (tertiary/aromatic N) is 3. The number of aryl methyl sites for hydroxylation is 2. The van der Waals surface area contributed by atoms with Crippen molar-refractivity contribution in [3.63, 3.8) is 0 Å². The van der Waals surface area contributed by atoms with Crippen LogP contribution in [-0.2, 0) is 17.1 Å². The van der Waals surface area contributed by atoms with E-state index < -0.39 is 21.8 Å². The molecule has 0 radical (unpaired) electrons. The van der Waals surface area contributed by atoms with Crippen molar-refractivity contribution < 1.29 is 18.0 Å². The minimum atomic E-state index is -3.98. The molecule has 1 aliphatic heterocycles. The average molecular weight is 431 g/mol. The summed E-state index contributed by atoms with van der Waals surface area (Å²) < 4.78 is 29.5. The predicted molar refractivity (Wildman–Crippen MR) is 108 cm³/mol. The molecule has 8 nitrogen and oxygen atoms in total. The number of hydrogen-bond donors (Lipinski definition) is 1. The SMILES string of the molecule is Cc1ccc(S(=O)(=O)Nc2ccc(Cl)c3c2C(=O)N(c2cn(C)cn2)C3=O)cc1. The normalized spacial score (nSPS) is 13.7. The van der Waals surface area contributed by atoms with E-state index >= 15 is 0 Å². The molecule has 148 valence electrons. The van der Waals surface area contributed by atoms with Crippen molar-refractivity contribution in [2.24, 2.45) is 7.05 Å². The first kappa shape index (κ1) is 19.2. The van der Waals surface area contributed by atoms with Crippen molar-refractivity contribution in [2.75, 3.05) is 9.62 Å². The molecular weight excluding hydrogens is 416 g/mol. The van der Waals surface area contributed by atoms with Gasteiger partial charge in [-0.1, -0.05) is 29.3 Å². The van der Waals surface area contributed by atoms with Crippen LogP contribution in [0.1, 0.15) is 26.3 Å². The summed E-state index contributed by atoms with van der Waals surface area (Å²) in [7, 11) is -2.28. The fourth-order valence-corrected chi connectivity index (χ4v) is 4.36. The number of nitrogens with one attached hydrogen (secondary N) is 1. The highest BCUT2D eigenvalue weighted by molar-refractivity contribution is 7.92. The second-order valence-electron chi connectivity index (χ2n) is 6.61. The molecule has 0 fully saturated rings. The standard InChI is InChI=1S/C19H15ClN4O4S/c1-11-3-5-12(6-4-11)29(27,28)22-14-8-7-13(20)16-17(14)19(26)24(18(16)25)15-9-23(2)10-21-15/h3-10,22H,1-2H3. The molecule has 3 aromatic rings. The number of carbonyl (C=O) groups is 2. The number of amides is 2. The van der Waals surface area contributed by atoms with Crippen LogP contribution in [0.3, 0.4) is 0 Å². The van der Waals surface area contributed by atoms with E-state index in [2.05, 4.69) is 9.71 Å². The molecule has 4 rings (SSSR count). The van der Waals surface area contributed by atoms with Crippen LogP contribution in [0.15, 0.2) is 53.8 Å². The Bertz CT molecular complexity index is 1270. The molecule has 1 N–H and O–H groups in total. The third-order valence-corrected chi connectivity index (χ3v) is 6.18. The topological polar surface area (TPSA) is 101 Å². The molecule has 0 aliphatic carbocycles. The number of anilines is 2. The molecule has 0 unspecified atom stereocenters. The molecule has 0 bridgehead atoms. The van der Waals surface area contributed by atoms with Crippen LogP contribution in [-0.4, -0.2) is 29.8 Å². The van der Waals surface area contributed by atoms with Gasteiger partial charge in [-0.3, -0.25) is 14.3 Å². The van der Waals surface area contributed by atoms with Gasteiger partial charge >= 0.3 is 0 Å². The summed E-state index contributed by atoms with van der Waals surface area (Å²) in [5.74, 6) is -1.24. The van der Waals surface area contributed by atoms with Crippen molar-refractivity contribution in [3.05, 3.63) is 70.6 Å². The number of rotatable bonds is 4. The highest BCUT2D eigenvalue weighted by Crippen LogP contribution is 2.37. The number of sulfonamides is 1. The van der Waals surface area contributed by atoms with E-state index in [9.17, 15) is 18.0 Å². The van der Waals surface area contributed by atoms with E-state index in [0.717, 1.165) is 10.5 Å². The van der Waals surface area contributed by atoms with Gasteiger partial charge in [-0.15, -0.1) is 0 Å². The van der Waals surface area contributed by atoms with E-state index in [1.807, 2.05) is 6.92 Å². The summed E-state index contributed by atoms with van der Waals surface area (Å²) in [5, 5.41) is 0.0510. The van der Waals surface area contributed by atoms with Gasteiger partial charge in [0.15, 0.2) is 5.82 Å². The molecule has 2 aromatic carbocycles. The summed E-state index contributed by atoms with van der Waals surface area (Å²) in [6.07, 6.45) is 2.95. The van der Waals surface area contributed by atoms with E-state index in [-0.39, 0.29) is 32.6 Å². The van der Waals surface area contributed by atoms with Gasteiger partial charge in [-0.05, 0) is 31.2 Å². The summed E-state index contributed by atoms with van der Waals surface area (Å²) >= 11 is 6.16. The smallest absolute Gasteiger partial charge is 0.269 e. The first-order valence-electron chi connectivity index (χ1n) is 8.48. The lowest BCUT2D eigenvalue weighted by Crippen LogP contribution is -2.30. The lowest BCUT2D eigenvalue weighted by atomic mass is 10.1. The van der Waals surface area contributed by atoms with E-state index in [4.69, 9.17) is 11.6 Å². The maximum Gasteiger partial charge on any atom is 0.269 e. The molecule has 2 heterocycles. The number of carbonyl (C=O) groups excluding carboxylic acids is 2.